The molecule has 0 N–H and O–H groups in total. The number of hydrogen-bond acceptors (Lipinski definition) is 8. The third-order valence-electron chi connectivity index (χ3n) is 3.63. The monoisotopic (exact) mass is 382 g/mol. The third-order valence-corrected chi connectivity index (χ3v) is 4.78. The summed E-state index contributed by atoms with van der Waals surface area (Å²) in [6.07, 6.45) is -3.34. The van der Waals surface area contributed by atoms with Gasteiger partial charge in [0.05, 0.1) is 6.10 Å². The fourth-order valence-electron chi connectivity index (χ4n) is 2.70. The van der Waals surface area contributed by atoms with Gasteiger partial charge in [-0.3, -0.25) is 14.4 Å². The number of ether oxygens (including phenoxy) is 4. The molecule has 1 aromatic rings. The van der Waals surface area contributed by atoms with Crippen LogP contribution in [0.2, 0.25) is 0 Å². The first kappa shape index (κ1) is 20.3. The molecule has 1 fully saturated rings. The van der Waals surface area contributed by atoms with Gasteiger partial charge in [-0.1, -0.05) is 30.0 Å². The van der Waals surface area contributed by atoms with Gasteiger partial charge in [-0.25, -0.2) is 0 Å². The first-order valence-corrected chi connectivity index (χ1v) is 9.04. The van der Waals surface area contributed by atoms with E-state index in [2.05, 4.69) is 0 Å². The Morgan fingerprint density at radius 3 is 1.88 bits per heavy atom. The Hall–Kier alpha value is -2.06. The predicted molar refractivity (Wildman–Crippen MR) is 93.3 cm³/mol. The number of esters is 3. The molecule has 0 bridgehead atoms. The van der Waals surface area contributed by atoms with Gasteiger partial charge >= 0.3 is 17.9 Å². The van der Waals surface area contributed by atoms with Gasteiger partial charge in [-0.2, -0.15) is 0 Å². The van der Waals surface area contributed by atoms with E-state index >= 15 is 0 Å². The summed E-state index contributed by atoms with van der Waals surface area (Å²) < 4.78 is 22.0. The maximum Gasteiger partial charge on any atom is 0.303 e. The Morgan fingerprint density at radius 1 is 0.846 bits per heavy atom. The summed E-state index contributed by atoms with van der Waals surface area (Å²) in [7, 11) is 0. The van der Waals surface area contributed by atoms with E-state index in [9.17, 15) is 14.4 Å². The summed E-state index contributed by atoms with van der Waals surface area (Å²) in [6.45, 7) is 5.47. The molecule has 5 atom stereocenters. The van der Waals surface area contributed by atoms with E-state index in [0.717, 1.165) is 4.90 Å². The minimum absolute atomic E-state index is 0.543. The van der Waals surface area contributed by atoms with Crippen molar-refractivity contribution in [2.45, 2.75) is 62.4 Å². The Kier molecular flexibility index (Phi) is 7.05. The number of benzene rings is 1. The highest BCUT2D eigenvalue weighted by atomic mass is 32.2. The summed E-state index contributed by atoms with van der Waals surface area (Å²) in [4.78, 5) is 35.6. The maximum absolute atomic E-state index is 11.6. The minimum atomic E-state index is -0.967. The van der Waals surface area contributed by atoms with Crippen LogP contribution in [0.4, 0.5) is 0 Å². The number of rotatable bonds is 5. The van der Waals surface area contributed by atoms with E-state index in [4.69, 9.17) is 18.9 Å². The topological polar surface area (TPSA) is 88.1 Å². The van der Waals surface area contributed by atoms with E-state index in [1.165, 1.54) is 32.5 Å². The highest BCUT2D eigenvalue weighted by Gasteiger charge is 2.50. The number of carbonyl (C=O) groups excluding carboxylic acids is 3. The molecule has 1 heterocycles. The van der Waals surface area contributed by atoms with Gasteiger partial charge in [0.15, 0.2) is 18.3 Å². The molecule has 1 aliphatic heterocycles. The largest absolute Gasteiger partial charge is 0.456 e. The normalized spacial score (nSPS) is 28.1. The second-order valence-electron chi connectivity index (χ2n) is 5.86. The fraction of sp³-hybridized carbons (Fsp3) is 0.500. The van der Waals surface area contributed by atoms with E-state index < -0.39 is 47.8 Å². The van der Waals surface area contributed by atoms with Crippen molar-refractivity contribution in [3.8, 4) is 0 Å². The molecule has 0 amide bonds. The molecule has 2 rings (SSSR count). The van der Waals surface area contributed by atoms with Crippen LogP contribution >= 0.6 is 11.8 Å². The predicted octanol–water partition coefficient (Wildman–Crippen LogP) is 2.32. The molecule has 0 unspecified atom stereocenters. The van der Waals surface area contributed by atoms with Crippen LogP contribution in [-0.2, 0) is 33.3 Å². The lowest BCUT2D eigenvalue weighted by Crippen LogP contribution is -2.59. The minimum Gasteiger partial charge on any atom is -0.456 e. The zero-order valence-electron chi connectivity index (χ0n) is 15.0. The second-order valence-corrected chi connectivity index (χ2v) is 7.03. The van der Waals surface area contributed by atoms with Crippen molar-refractivity contribution in [3.63, 3.8) is 0 Å². The number of carbonyl (C=O) groups is 3. The van der Waals surface area contributed by atoms with Crippen molar-refractivity contribution in [2.24, 2.45) is 0 Å². The Morgan fingerprint density at radius 2 is 1.35 bits per heavy atom. The molecular weight excluding hydrogens is 360 g/mol. The third kappa shape index (κ3) is 5.47. The molecule has 8 heteroatoms. The van der Waals surface area contributed by atoms with Crippen LogP contribution in [0.25, 0.3) is 0 Å². The number of thioether (sulfide) groups is 1. The van der Waals surface area contributed by atoms with Gasteiger partial charge in [0.1, 0.15) is 5.44 Å². The van der Waals surface area contributed by atoms with Gasteiger partial charge in [0.25, 0.3) is 0 Å². The van der Waals surface area contributed by atoms with Crippen molar-refractivity contribution in [1.29, 1.82) is 0 Å². The van der Waals surface area contributed by atoms with Gasteiger partial charge in [-0.05, 0) is 19.1 Å². The summed E-state index contributed by atoms with van der Waals surface area (Å²) in [5.41, 5.74) is -0.632. The molecule has 1 aromatic carbocycles. The lowest BCUT2D eigenvalue weighted by atomic mass is 10.00. The van der Waals surface area contributed by atoms with Crippen LogP contribution in [0, 0.1) is 0 Å². The quantitative estimate of drug-likeness (QED) is 0.566. The molecule has 0 spiro atoms. The molecular formula is C18H22O7S. The van der Waals surface area contributed by atoms with Gasteiger partial charge < -0.3 is 18.9 Å². The Balaban J connectivity index is 2.33. The van der Waals surface area contributed by atoms with E-state index in [0.29, 0.717) is 0 Å². The average molecular weight is 382 g/mol. The molecule has 0 aliphatic carbocycles. The summed E-state index contributed by atoms with van der Waals surface area (Å²) >= 11 is 1.34. The average Bonchev–Trinajstić information content (AvgIpc) is 2.54. The lowest BCUT2D eigenvalue weighted by molar-refractivity contribution is -0.229. The summed E-state index contributed by atoms with van der Waals surface area (Å²) in [5, 5.41) is 0. The van der Waals surface area contributed by atoms with Crippen LogP contribution in [0.3, 0.4) is 0 Å². The molecule has 0 aromatic heterocycles. The second kappa shape index (κ2) is 9.05. The van der Waals surface area contributed by atoms with E-state index in [1.807, 2.05) is 30.3 Å². The maximum atomic E-state index is 11.6. The molecule has 1 aliphatic rings. The van der Waals surface area contributed by atoms with Crippen molar-refractivity contribution < 1.29 is 33.3 Å². The molecule has 7 nitrogen and oxygen atoms in total. The smallest absolute Gasteiger partial charge is 0.303 e. The van der Waals surface area contributed by atoms with Crippen molar-refractivity contribution in [3.05, 3.63) is 30.3 Å². The van der Waals surface area contributed by atoms with Crippen LogP contribution in [0.1, 0.15) is 27.7 Å². The Bertz CT molecular complexity index is 648. The van der Waals surface area contributed by atoms with Gasteiger partial charge in [0, 0.05) is 25.7 Å². The van der Waals surface area contributed by atoms with E-state index in [1.54, 1.807) is 6.92 Å². The summed E-state index contributed by atoms with van der Waals surface area (Å²) in [6, 6.07) is 9.42. The first-order valence-electron chi connectivity index (χ1n) is 8.16. The van der Waals surface area contributed by atoms with Crippen molar-refractivity contribution in [1.82, 2.24) is 0 Å². The fourth-order valence-corrected chi connectivity index (χ4v) is 3.86. The highest BCUT2D eigenvalue weighted by Crippen LogP contribution is 2.37. The van der Waals surface area contributed by atoms with Crippen LogP contribution < -0.4 is 0 Å². The molecule has 1 saturated heterocycles. The number of hydrogen-bond donors (Lipinski definition) is 0. The molecule has 0 radical (unpaired) electrons. The van der Waals surface area contributed by atoms with Crippen molar-refractivity contribution in [2.75, 3.05) is 0 Å². The highest BCUT2D eigenvalue weighted by molar-refractivity contribution is 7.99. The first-order chi connectivity index (χ1) is 12.3. The van der Waals surface area contributed by atoms with Crippen molar-refractivity contribution >= 4 is 29.7 Å². The molecule has 26 heavy (non-hydrogen) atoms. The zero-order chi connectivity index (χ0) is 19.3. The molecule has 142 valence electrons. The van der Waals surface area contributed by atoms with E-state index in [-0.39, 0.29) is 0 Å². The standard InChI is InChI=1S/C18H22O7S/c1-10-15(23-11(2)19)16(24-12(3)20)17(25-13(4)21)18(22-10)26-14-8-6-5-7-9-14/h5-10,15-18H,1-4H3/t10-,15+,16+,17-,18-/m0/s1. The van der Waals surface area contributed by atoms with Crippen LogP contribution in [-0.4, -0.2) is 47.8 Å². The Labute approximate surface area is 156 Å². The zero-order valence-corrected chi connectivity index (χ0v) is 15.9. The lowest BCUT2D eigenvalue weighted by Gasteiger charge is -2.43. The van der Waals surface area contributed by atoms with Crippen LogP contribution in [0.15, 0.2) is 35.2 Å². The van der Waals surface area contributed by atoms with Gasteiger partial charge in [-0.15, -0.1) is 0 Å². The SMILES string of the molecule is CC(=O)O[C@@H]1[C@H](OC(C)=O)[C@H](C)O[C@@H](Sc2ccccc2)[C@H]1OC(C)=O. The van der Waals surface area contributed by atoms with Gasteiger partial charge in [0.2, 0.25) is 0 Å². The molecule has 0 saturated carbocycles. The summed E-state index contributed by atoms with van der Waals surface area (Å²) in [5.74, 6) is -1.66. The van der Waals surface area contributed by atoms with Crippen LogP contribution in [0.5, 0.6) is 0 Å².